The van der Waals surface area contributed by atoms with Crippen LogP contribution >= 0.6 is 0 Å². The van der Waals surface area contributed by atoms with Gasteiger partial charge in [-0.25, -0.2) is 4.98 Å². The van der Waals surface area contributed by atoms with Crippen LogP contribution in [-0.4, -0.2) is 42.1 Å². The van der Waals surface area contributed by atoms with Crippen LogP contribution in [0.4, 0.5) is 5.69 Å². The number of benzene rings is 3. The lowest BCUT2D eigenvalue weighted by Gasteiger charge is -2.18. The summed E-state index contributed by atoms with van der Waals surface area (Å²) >= 11 is 0. The van der Waals surface area contributed by atoms with Crippen molar-refractivity contribution in [1.29, 1.82) is 0 Å². The molecule has 0 aliphatic carbocycles. The first-order valence-corrected chi connectivity index (χ1v) is 12.2. The summed E-state index contributed by atoms with van der Waals surface area (Å²) in [6, 6.07) is 24.7. The van der Waals surface area contributed by atoms with E-state index in [1.807, 2.05) is 71.3 Å². The van der Waals surface area contributed by atoms with Gasteiger partial charge in [-0.3, -0.25) is 9.59 Å². The number of ether oxygens (including phenoxy) is 1. The molecule has 4 rings (SSSR count). The van der Waals surface area contributed by atoms with Gasteiger partial charge in [0.1, 0.15) is 18.1 Å². The normalized spacial score (nSPS) is 10.8. The summed E-state index contributed by atoms with van der Waals surface area (Å²) in [5.41, 5.74) is 3.32. The van der Waals surface area contributed by atoms with Gasteiger partial charge >= 0.3 is 0 Å². The molecule has 1 heterocycles. The second-order valence-corrected chi connectivity index (χ2v) is 8.69. The highest BCUT2D eigenvalue weighted by Gasteiger charge is 2.17. The molecule has 1 N–H and O–H groups in total. The zero-order chi connectivity index (χ0) is 25.3. The SMILES string of the molecule is COc1cccc(C(=O)NCCCCCc2nc3ccccc3n2CC(=O)N(C)c2ccccc2)c1. The summed E-state index contributed by atoms with van der Waals surface area (Å²) in [5, 5.41) is 2.97. The quantitative estimate of drug-likeness (QED) is 0.309. The minimum atomic E-state index is -0.100. The van der Waals surface area contributed by atoms with Crippen molar-refractivity contribution < 1.29 is 14.3 Å². The van der Waals surface area contributed by atoms with Gasteiger partial charge in [0.2, 0.25) is 5.91 Å². The van der Waals surface area contributed by atoms with Gasteiger partial charge in [0, 0.05) is 31.3 Å². The van der Waals surface area contributed by atoms with E-state index in [9.17, 15) is 9.59 Å². The molecule has 0 fully saturated rings. The third-order valence-electron chi connectivity index (χ3n) is 6.24. The fraction of sp³-hybridized carbons (Fsp3) is 0.276. The van der Waals surface area contributed by atoms with Gasteiger partial charge in [-0.15, -0.1) is 0 Å². The summed E-state index contributed by atoms with van der Waals surface area (Å²) in [5.74, 6) is 1.48. The number of carbonyl (C=O) groups is 2. The van der Waals surface area contributed by atoms with Gasteiger partial charge in [0.05, 0.1) is 18.1 Å². The maximum Gasteiger partial charge on any atom is 0.251 e. The molecule has 7 heteroatoms. The topological polar surface area (TPSA) is 76.5 Å². The number of fused-ring (bicyclic) bond motifs is 1. The van der Waals surface area contributed by atoms with Crippen LogP contribution in [-0.2, 0) is 17.8 Å². The average molecular weight is 485 g/mol. The Hall–Kier alpha value is -4.13. The van der Waals surface area contributed by atoms with E-state index in [2.05, 4.69) is 5.32 Å². The average Bonchev–Trinajstić information content (AvgIpc) is 3.27. The minimum Gasteiger partial charge on any atom is -0.497 e. The minimum absolute atomic E-state index is 0.00542. The van der Waals surface area contributed by atoms with Crippen molar-refractivity contribution >= 4 is 28.5 Å². The number of hydrogen-bond donors (Lipinski definition) is 1. The summed E-state index contributed by atoms with van der Waals surface area (Å²) in [6.07, 6.45) is 3.49. The van der Waals surface area contributed by atoms with Gasteiger partial charge in [-0.05, 0) is 55.3 Å². The molecule has 7 nitrogen and oxygen atoms in total. The summed E-state index contributed by atoms with van der Waals surface area (Å²) in [7, 11) is 3.39. The van der Waals surface area contributed by atoms with Gasteiger partial charge in [0.15, 0.2) is 0 Å². The first-order valence-electron chi connectivity index (χ1n) is 12.2. The van der Waals surface area contributed by atoms with Gasteiger partial charge in [0.25, 0.3) is 5.91 Å². The van der Waals surface area contributed by atoms with E-state index in [0.717, 1.165) is 48.2 Å². The van der Waals surface area contributed by atoms with Crippen molar-refractivity contribution in [2.75, 3.05) is 25.6 Å². The Morgan fingerprint density at radius 1 is 0.944 bits per heavy atom. The van der Waals surface area contributed by atoms with E-state index in [-0.39, 0.29) is 18.4 Å². The number of methoxy groups -OCH3 is 1. The van der Waals surface area contributed by atoms with Crippen molar-refractivity contribution in [3.63, 3.8) is 0 Å². The van der Waals surface area contributed by atoms with E-state index in [1.54, 1.807) is 31.2 Å². The molecular formula is C29H32N4O3. The molecule has 0 radical (unpaired) electrons. The zero-order valence-corrected chi connectivity index (χ0v) is 20.8. The standard InChI is InChI=1S/C29H32N4O3/c1-32(23-13-5-3-6-14-23)28(34)21-33-26-17-9-8-16-25(26)31-27(33)18-7-4-10-19-30-29(35)22-12-11-15-24(20-22)36-2/h3,5-6,8-9,11-17,20H,4,7,10,18-19,21H2,1-2H3,(H,30,35). The molecule has 0 aliphatic heterocycles. The molecule has 0 aliphatic rings. The molecule has 186 valence electrons. The predicted molar refractivity (Wildman–Crippen MR) is 142 cm³/mol. The predicted octanol–water partition coefficient (Wildman–Crippen LogP) is 4.85. The fourth-order valence-corrected chi connectivity index (χ4v) is 4.18. The van der Waals surface area contributed by atoms with E-state index in [4.69, 9.17) is 9.72 Å². The van der Waals surface area contributed by atoms with Gasteiger partial charge in [-0.2, -0.15) is 0 Å². The Labute approximate surface area is 211 Å². The van der Waals surface area contributed by atoms with Crippen molar-refractivity contribution in [3.8, 4) is 5.75 Å². The number of imidazole rings is 1. The largest absolute Gasteiger partial charge is 0.497 e. The Morgan fingerprint density at radius 3 is 2.53 bits per heavy atom. The lowest BCUT2D eigenvalue weighted by molar-refractivity contribution is -0.118. The first-order chi connectivity index (χ1) is 17.6. The maximum atomic E-state index is 13.1. The smallest absolute Gasteiger partial charge is 0.251 e. The number of anilines is 1. The van der Waals surface area contributed by atoms with Gasteiger partial charge < -0.3 is 19.5 Å². The molecule has 0 saturated carbocycles. The van der Waals surface area contributed by atoms with Crippen LogP contribution in [0.15, 0.2) is 78.9 Å². The van der Waals surface area contributed by atoms with E-state index >= 15 is 0 Å². The molecule has 3 aromatic carbocycles. The number of amides is 2. The van der Waals surface area contributed by atoms with Crippen LogP contribution in [0.2, 0.25) is 0 Å². The molecule has 4 aromatic rings. The molecule has 36 heavy (non-hydrogen) atoms. The number of rotatable bonds is 11. The Balaban J connectivity index is 1.32. The third-order valence-corrected chi connectivity index (χ3v) is 6.24. The van der Waals surface area contributed by atoms with Crippen molar-refractivity contribution in [2.45, 2.75) is 32.2 Å². The molecule has 0 unspecified atom stereocenters. The molecule has 0 spiro atoms. The Morgan fingerprint density at radius 2 is 1.72 bits per heavy atom. The van der Waals surface area contributed by atoms with Crippen molar-refractivity contribution in [2.24, 2.45) is 0 Å². The van der Waals surface area contributed by atoms with Crippen LogP contribution in [0.25, 0.3) is 11.0 Å². The molecule has 0 bridgehead atoms. The highest BCUT2D eigenvalue weighted by molar-refractivity contribution is 5.94. The molecule has 0 atom stereocenters. The highest BCUT2D eigenvalue weighted by atomic mass is 16.5. The zero-order valence-electron chi connectivity index (χ0n) is 20.8. The summed E-state index contributed by atoms with van der Waals surface area (Å²) < 4.78 is 7.21. The molecule has 2 amide bonds. The second kappa shape index (κ2) is 12.0. The van der Waals surface area contributed by atoms with Crippen molar-refractivity contribution in [1.82, 2.24) is 14.9 Å². The number of unbranched alkanes of at least 4 members (excludes halogenated alkanes) is 2. The number of carbonyl (C=O) groups excluding carboxylic acids is 2. The third kappa shape index (κ3) is 6.10. The lowest BCUT2D eigenvalue weighted by atomic mass is 10.1. The number of aryl methyl sites for hydroxylation is 1. The fourth-order valence-electron chi connectivity index (χ4n) is 4.18. The Bertz CT molecular complexity index is 1320. The molecular weight excluding hydrogens is 452 g/mol. The highest BCUT2D eigenvalue weighted by Crippen LogP contribution is 2.20. The van der Waals surface area contributed by atoms with E-state index in [0.29, 0.717) is 17.9 Å². The van der Waals surface area contributed by atoms with Crippen LogP contribution in [0.1, 0.15) is 35.4 Å². The van der Waals surface area contributed by atoms with Crippen LogP contribution < -0.4 is 15.0 Å². The van der Waals surface area contributed by atoms with E-state index in [1.165, 1.54) is 0 Å². The molecule has 1 aromatic heterocycles. The monoisotopic (exact) mass is 484 g/mol. The second-order valence-electron chi connectivity index (χ2n) is 8.69. The Kier molecular flexibility index (Phi) is 8.34. The first kappa shape index (κ1) is 25.0. The van der Waals surface area contributed by atoms with Gasteiger partial charge in [-0.1, -0.05) is 42.8 Å². The number of likely N-dealkylation sites (N-methyl/N-ethyl adjacent to an activating group) is 1. The van der Waals surface area contributed by atoms with E-state index < -0.39 is 0 Å². The number of nitrogens with one attached hydrogen (secondary N) is 1. The number of aromatic nitrogens is 2. The number of para-hydroxylation sites is 3. The molecule has 0 saturated heterocycles. The van der Waals surface area contributed by atoms with Crippen LogP contribution in [0, 0.1) is 0 Å². The number of hydrogen-bond acceptors (Lipinski definition) is 4. The van der Waals surface area contributed by atoms with Crippen molar-refractivity contribution in [3.05, 3.63) is 90.3 Å². The maximum absolute atomic E-state index is 13.1. The summed E-state index contributed by atoms with van der Waals surface area (Å²) in [6.45, 7) is 0.838. The number of nitrogens with zero attached hydrogens (tertiary/aromatic N) is 3. The lowest BCUT2D eigenvalue weighted by Crippen LogP contribution is -2.30. The van der Waals surface area contributed by atoms with Crippen LogP contribution in [0.5, 0.6) is 5.75 Å². The van der Waals surface area contributed by atoms with Crippen LogP contribution in [0.3, 0.4) is 0 Å². The summed E-state index contributed by atoms with van der Waals surface area (Å²) in [4.78, 5) is 31.9.